The molecule has 0 spiro atoms. The maximum atomic E-state index is 6.14. The standard InChI is InChI=1S/C16H24ClN/c1-4-8-18-12-16(10-15(2,3)11-16)13-6-5-7-14(17)9-13/h5-7,9,18H,4,8,10-12H2,1-3H3. The highest BCUT2D eigenvalue weighted by atomic mass is 35.5. The molecule has 2 heteroatoms. The van der Waals surface area contributed by atoms with Gasteiger partial charge in [-0.3, -0.25) is 0 Å². The van der Waals surface area contributed by atoms with Gasteiger partial charge in [-0.05, 0) is 48.9 Å². The van der Waals surface area contributed by atoms with Crippen molar-refractivity contribution in [2.75, 3.05) is 13.1 Å². The van der Waals surface area contributed by atoms with E-state index in [0.29, 0.717) is 10.8 Å². The number of nitrogens with one attached hydrogen (secondary N) is 1. The van der Waals surface area contributed by atoms with E-state index in [1.807, 2.05) is 6.07 Å². The largest absolute Gasteiger partial charge is 0.316 e. The molecular formula is C16H24ClN. The van der Waals surface area contributed by atoms with E-state index < -0.39 is 0 Å². The third-order valence-corrected chi connectivity index (χ3v) is 4.20. The van der Waals surface area contributed by atoms with Gasteiger partial charge in [-0.1, -0.05) is 44.5 Å². The number of halogens is 1. The average Bonchev–Trinajstić information content (AvgIpc) is 2.26. The van der Waals surface area contributed by atoms with Crippen molar-refractivity contribution in [3.05, 3.63) is 34.9 Å². The van der Waals surface area contributed by atoms with Gasteiger partial charge in [0, 0.05) is 17.0 Å². The van der Waals surface area contributed by atoms with E-state index in [0.717, 1.165) is 18.1 Å². The minimum absolute atomic E-state index is 0.295. The molecule has 1 aliphatic rings. The summed E-state index contributed by atoms with van der Waals surface area (Å²) in [6.07, 6.45) is 3.68. The second-order valence-electron chi connectivity index (χ2n) is 6.49. The van der Waals surface area contributed by atoms with Gasteiger partial charge in [0.1, 0.15) is 0 Å². The predicted molar refractivity (Wildman–Crippen MR) is 79.3 cm³/mol. The maximum absolute atomic E-state index is 6.14. The average molecular weight is 266 g/mol. The molecule has 1 N–H and O–H groups in total. The van der Waals surface area contributed by atoms with Crippen LogP contribution in [0.1, 0.15) is 45.6 Å². The van der Waals surface area contributed by atoms with Gasteiger partial charge in [0.2, 0.25) is 0 Å². The van der Waals surface area contributed by atoms with E-state index in [4.69, 9.17) is 11.6 Å². The summed E-state index contributed by atoms with van der Waals surface area (Å²) in [4.78, 5) is 0. The van der Waals surface area contributed by atoms with Gasteiger partial charge in [-0.15, -0.1) is 0 Å². The quantitative estimate of drug-likeness (QED) is 0.779. The Hall–Kier alpha value is -0.530. The Morgan fingerprint density at radius 2 is 2.00 bits per heavy atom. The summed E-state index contributed by atoms with van der Waals surface area (Å²) in [7, 11) is 0. The van der Waals surface area contributed by atoms with Crippen LogP contribution in [0.15, 0.2) is 24.3 Å². The molecular weight excluding hydrogens is 242 g/mol. The molecule has 18 heavy (non-hydrogen) atoms. The van der Waals surface area contributed by atoms with Crippen LogP contribution in [-0.4, -0.2) is 13.1 Å². The molecule has 0 radical (unpaired) electrons. The van der Waals surface area contributed by atoms with Crippen molar-refractivity contribution in [1.29, 1.82) is 0 Å². The van der Waals surface area contributed by atoms with E-state index in [1.165, 1.54) is 24.8 Å². The molecule has 0 bridgehead atoms. The van der Waals surface area contributed by atoms with Crippen molar-refractivity contribution in [2.45, 2.75) is 45.4 Å². The number of hydrogen-bond donors (Lipinski definition) is 1. The fraction of sp³-hybridized carbons (Fsp3) is 0.625. The SMILES string of the molecule is CCCNCC1(c2cccc(Cl)c2)CC(C)(C)C1. The second-order valence-corrected chi connectivity index (χ2v) is 6.92. The highest BCUT2D eigenvalue weighted by Gasteiger charge is 2.49. The van der Waals surface area contributed by atoms with Crippen molar-refractivity contribution in [1.82, 2.24) is 5.32 Å². The molecule has 100 valence electrons. The Labute approximate surface area is 116 Å². The summed E-state index contributed by atoms with van der Waals surface area (Å²) in [6, 6.07) is 8.41. The Balaban J connectivity index is 2.16. The first-order valence-electron chi connectivity index (χ1n) is 6.94. The molecule has 0 heterocycles. The molecule has 0 unspecified atom stereocenters. The first-order valence-corrected chi connectivity index (χ1v) is 7.32. The van der Waals surface area contributed by atoms with E-state index in [2.05, 4.69) is 44.3 Å². The molecule has 1 nitrogen and oxygen atoms in total. The summed E-state index contributed by atoms with van der Waals surface area (Å²) in [5.41, 5.74) is 2.16. The van der Waals surface area contributed by atoms with Gasteiger partial charge in [-0.2, -0.15) is 0 Å². The molecule has 0 saturated heterocycles. The topological polar surface area (TPSA) is 12.0 Å². The van der Waals surface area contributed by atoms with Crippen LogP contribution in [0, 0.1) is 5.41 Å². The van der Waals surface area contributed by atoms with Gasteiger partial charge in [0.25, 0.3) is 0 Å². The summed E-state index contributed by atoms with van der Waals surface area (Å²) in [5, 5.41) is 4.44. The predicted octanol–water partition coefficient (Wildman–Crippen LogP) is 4.40. The molecule has 0 amide bonds. The van der Waals surface area contributed by atoms with Crippen LogP contribution in [0.4, 0.5) is 0 Å². The minimum Gasteiger partial charge on any atom is -0.316 e. The molecule has 1 saturated carbocycles. The van der Waals surface area contributed by atoms with Gasteiger partial charge in [0.15, 0.2) is 0 Å². The van der Waals surface area contributed by atoms with Crippen LogP contribution in [-0.2, 0) is 5.41 Å². The molecule has 2 rings (SSSR count). The number of hydrogen-bond acceptors (Lipinski definition) is 1. The molecule has 1 aromatic carbocycles. The van der Waals surface area contributed by atoms with Crippen LogP contribution in [0.2, 0.25) is 5.02 Å². The normalized spacial score (nSPS) is 20.4. The van der Waals surface area contributed by atoms with Crippen molar-refractivity contribution in [3.8, 4) is 0 Å². The Morgan fingerprint density at radius 3 is 2.56 bits per heavy atom. The smallest absolute Gasteiger partial charge is 0.0408 e. The molecule has 0 atom stereocenters. The lowest BCUT2D eigenvalue weighted by Crippen LogP contribution is -2.52. The zero-order chi connectivity index (χ0) is 13.2. The molecule has 1 aliphatic carbocycles. The monoisotopic (exact) mass is 265 g/mol. The van der Waals surface area contributed by atoms with Crippen molar-refractivity contribution in [2.24, 2.45) is 5.41 Å². The fourth-order valence-corrected chi connectivity index (χ4v) is 3.72. The minimum atomic E-state index is 0.295. The van der Waals surface area contributed by atoms with Crippen molar-refractivity contribution in [3.63, 3.8) is 0 Å². The molecule has 0 aromatic heterocycles. The van der Waals surface area contributed by atoms with Gasteiger partial charge in [-0.25, -0.2) is 0 Å². The lowest BCUT2D eigenvalue weighted by atomic mass is 9.52. The first-order chi connectivity index (χ1) is 8.47. The van der Waals surface area contributed by atoms with Crippen molar-refractivity contribution < 1.29 is 0 Å². The van der Waals surface area contributed by atoms with Gasteiger partial charge in [0.05, 0.1) is 0 Å². The zero-order valence-electron chi connectivity index (χ0n) is 11.7. The Bertz CT molecular complexity index is 403. The van der Waals surface area contributed by atoms with Crippen molar-refractivity contribution >= 4 is 11.6 Å². The van der Waals surface area contributed by atoms with Gasteiger partial charge < -0.3 is 5.32 Å². The van der Waals surface area contributed by atoms with Crippen LogP contribution in [0.25, 0.3) is 0 Å². The third kappa shape index (κ3) is 2.89. The maximum Gasteiger partial charge on any atom is 0.0408 e. The second kappa shape index (κ2) is 5.22. The van der Waals surface area contributed by atoms with Crippen LogP contribution in [0.3, 0.4) is 0 Å². The highest BCUT2D eigenvalue weighted by Crippen LogP contribution is 2.55. The lowest BCUT2D eigenvalue weighted by Gasteiger charge is -2.54. The summed E-state index contributed by atoms with van der Waals surface area (Å²) in [5.74, 6) is 0. The summed E-state index contributed by atoms with van der Waals surface area (Å²) < 4.78 is 0. The summed E-state index contributed by atoms with van der Waals surface area (Å²) in [6.45, 7) is 9.10. The zero-order valence-corrected chi connectivity index (χ0v) is 12.5. The summed E-state index contributed by atoms with van der Waals surface area (Å²) >= 11 is 6.14. The van der Waals surface area contributed by atoms with E-state index in [-0.39, 0.29) is 0 Å². The lowest BCUT2D eigenvalue weighted by molar-refractivity contribution is 0.0564. The van der Waals surface area contributed by atoms with E-state index in [1.54, 1.807) is 0 Å². The van der Waals surface area contributed by atoms with Gasteiger partial charge >= 0.3 is 0 Å². The van der Waals surface area contributed by atoms with Crippen LogP contribution >= 0.6 is 11.6 Å². The Morgan fingerprint density at radius 1 is 1.28 bits per heavy atom. The number of benzene rings is 1. The molecule has 1 fully saturated rings. The fourth-order valence-electron chi connectivity index (χ4n) is 3.53. The van der Waals surface area contributed by atoms with Crippen LogP contribution < -0.4 is 5.32 Å². The number of rotatable bonds is 5. The highest BCUT2D eigenvalue weighted by molar-refractivity contribution is 6.30. The Kier molecular flexibility index (Phi) is 4.03. The molecule has 0 aliphatic heterocycles. The third-order valence-electron chi connectivity index (χ3n) is 3.96. The molecule has 1 aromatic rings. The van der Waals surface area contributed by atoms with E-state index >= 15 is 0 Å². The van der Waals surface area contributed by atoms with Crippen LogP contribution in [0.5, 0.6) is 0 Å². The first kappa shape index (κ1) is 13.9. The van der Waals surface area contributed by atoms with E-state index in [9.17, 15) is 0 Å².